The highest BCUT2D eigenvalue weighted by Crippen LogP contribution is 2.35. The van der Waals surface area contributed by atoms with Crippen LogP contribution in [0.3, 0.4) is 0 Å². The first-order chi connectivity index (χ1) is 14.7. The molecule has 0 bridgehead atoms. The van der Waals surface area contributed by atoms with Crippen molar-refractivity contribution in [1.29, 1.82) is 0 Å². The summed E-state index contributed by atoms with van der Waals surface area (Å²) in [6.07, 6.45) is 3.04. The molecule has 0 aliphatic heterocycles. The van der Waals surface area contributed by atoms with Crippen molar-refractivity contribution in [2.45, 2.75) is 25.8 Å². The van der Waals surface area contributed by atoms with Gasteiger partial charge in [-0.15, -0.1) is 0 Å². The number of benzene rings is 3. The van der Waals surface area contributed by atoms with E-state index in [2.05, 4.69) is 11.4 Å². The maximum absolute atomic E-state index is 13.1. The molecule has 3 aromatic carbocycles. The van der Waals surface area contributed by atoms with Crippen molar-refractivity contribution in [1.82, 2.24) is 0 Å². The Morgan fingerprint density at radius 2 is 1.84 bits per heavy atom. The Labute approximate surface area is 186 Å². The van der Waals surface area contributed by atoms with Gasteiger partial charge >= 0.3 is 0 Å². The second-order valence-corrected chi connectivity index (χ2v) is 9.92. The van der Waals surface area contributed by atoms with Crippen molar-refractivity contribution in [3.05, 3.63) is 64.7 Å². The molecule has 0 saturated heterocycles. The summed E-state index contributed by atoms with van der Waals surface area (Å²) < 4.78 is 31.4. The number of aryl methyl sites for hydroxylation is 2. The molecule has 1 unspecified atom stereocenters. The smallest absolute Gasteiger partial charge is 0.248 e. The van der Waals surface area contributed by atoms with Gasteiger partial charge in [0.05, 0.1) is 24.1 Å². The molecule has 31 heavy (non-hydrogen) atoms. The van der Waals surface area contributed by atoms with Crippen LogP contribution in [0.5, 0.6) is 5.75 Å². The summed E-state index contributed by atoms with van der Waals surface area (Å²) in [4.78, 5) is 13.1. The van der Waals surface area contributed by atoms with Gasteiger partial charge in [0.25, 0.3) is 0 Å². The van der Waals surface area contributed by atoms with E-state index in [-0.39, 0.29) is 10.7 Å². The Morgan fingerprint density at radius 1 is 1.13 bits per heavy atom. The SMILES string of the molecule is COc1ccc(N(C(C)C(=O)Nc2ccc3c4c(cccc24)CC3)S(C)(=O)=O)cc1Cl. The number of carbonyl (C=O) groups excluding carboxylic acids is 1. The number of halogens is 1. The molecule has 1 N–H and O–H groups in total. The average molecular weight is 459 g/mol. The van der Waals surface area contributed by atoms with Crippen molar-refractivity contribution in [2.24, 2.45) is 0 Å². The van der Waals surface area contributed by atoms with E-state index in [9.17, 15) is 13.2 Å². The zero-order chi connectivity index (χ0) is 22.3. The van der Waals surface area contributed by atoms with Gasteiger partial charge in [-0.1, -0.05) is 35.9 Å². The van der Waals surface area contributed by atoms with Crippen LogP contribution in [0, 0.1) is 0 Å². The van der Waals surface area contributed by atoms with Crippen LogP contribution in [0.2, 0.25) is 5.02 Å². The Kier molecular flexibility index (Phi) is 5.58. The van der Waals surface area contributed by atoms with E-state index in [1.807, 2.05) is 24.3 Å². The molecule has 8 heteroatoms. The van der Waals surface area contributed by atoms with Gasteiger partial charge in [-0.05, 0) is 60.5 Å². The lowest BCUT2D eigenvalue weighted by Gasteiger charge is -2.28. The number of nitrogens with zero attached hydrogens (tertiary/aromatic N) is 1. The molecule has 162 valence electrons. The second-order valence-electron chi connectivity index (χ2n) is 7.65. The molecular formula is C23H23ClN2O4S. The molecule has 0 heterocycles. The fourth-order valence-electron chi connectivity index (χ4n) is 4.19. The number of sulfonamides is 1. The minimum atomic E-state index is -3.76. The van der Waals surface area contributed by atoms with Crippen LogP contribution >= 0.6 is 11.6 Å². The Bertz CT molecular complexity index is 1280. The predicted octanol–water partition coefficient (Wildman–Crippen LogP) is 4.39. The van der Waals surface area contributed by atoms with Crippen molar-refractivity contribution in [3.63, 3.8) is 0 Å². The number of nitrogens with one attached hydrogen (secondary N) is 1. The van der Waals surface area contributed by atoms with Crippen LogP contribution in [-0.4, -0.2) is 33.7 Å². The van der Waals surface area contributed by atoms with Crippen molar-refractivity contribution < 1.29 is 17.9 Å². The summed E-state index contributed by atoms with van der Waals surface area (Å²) >= 11 is 6.19. The lowest BCUT2D eigenvalue weighted by atomic mass is 10.0. The van der Waals surface area contributed by atoms with Crippen LogP contribution in [0.1, 0.15) is 18.1 Å². The first-order valence-corrected chi connectivity index (χ1v) is 12.1. The minimum Gasteiger partial charge on any atom is -0.495 e. The standard InChI is InChI=1S/C23H23ClN2O4S/c1-14(26(31(3,28)29)17-10-12-21(30-2)19(24)13-17)23(27)25-20-11-9-16-8-7-15-5-4-6-18(20)22(15)16/h4-6,9-14H,7-8H2,1-3H3,(H,25,27). The number of methoxy groups -OCH3 is 1. The molecule has 1 aliphatic carbocycles. The van der Waals surface area contributed by atoms with Crippen LogP contribution in [0.4, 0.5) is 11.4 Å². The van der Waals surface area contributed by atoms with E-state index in [1.54, 1.807) is 19.1 Å². The van der Waals surface area contributed by atoms with E-state index < -0.39 is 22.0 Å². The van der Waals surface area contributed by atoms with Gasteiger partial charge in [-0.3, -0.25) is 9.10 Å². The van der Waals surface area contributed by atoms with E-state index in [0.29, 0.717) is 11.4 Å². The molecule has 3 aromatic rings. The third kappa shape index (κ3) is 3.95. The number of hydrogen-bond donors (Lipinski definition) is 1. The minimum absolute atomic E-state index is 0.258. The number of anilines is 2. The molecule has 0 spiro atoms. The molecule has 4 rings (SSSR count). The zero-order valence-electron chi connectivity index (χ0n) is 17.5. The summed E-state index contributed by atoms with van der Waals surface area (Å²) in [5, 5.41) is 5.32. The van der Waals surface area contributed by atoms with Gasteiger partial charge < -0.3 is 10.1 Å². The zero-order valence-corrected chi connectivity index (χ0v) is 19.0. The Hall–Kier alpha value is -2.77. The maximum atomic E-state index is 13.1. The van der Waals surface area contributed by atoms with Gasteiger partial charge in [0.15, 0.2) is 0 Å². The fourth-order valence-corrected chi connectivity index (χ4v) is 5.61. The molecule has 1 atom stereocenters. The Morgan fingerprint density at radius 3 is 2.48 bits per heavy atom. The molecule has 1 aliphatic rings. The predicted molar refractivity (Wildman–Crippen MR) is 125 cm³/mol. The number of carbonyl (C=O) groups is 1. The molecule has 0 saturated carbocycles. The maximum Gasteiger partial charge on any atom is 0.248 e. The fraction of sp³-hybridized carbons (Fsp3) is 0.261. The monoisotopic (exact) mass is 458 g/mol. The van der Waals surface area contributed by atoms with Crippen molar-refractivity contribution in [3.8, 4) is 5.75 Å². The molecular weight excluding hydrogens is 436 g/mol. The third-order valence-electron chi connectivity index (χ3n) is 5.61. The highest BCUT2D eigenvalue weighted by molar-refractivity contribution is 7.92. The lowest BCUT2D eigenvalue weighted by molar-refractivity contribution is -0.116. The number of amides is 1. The first kappa shape index (κ1) is 21.5. The van der Waals surface area contributed by atoms with Gasteiger partial charge in [0.2, 0.25) is 15.9 Å². The van der Waals surface area contributed by atoms with E-state index >= 15 is 0 Å². The number of hydrogen-bond acceptors (Lipinski definition) is 4. The summed E-state index contributed by atoms with van der Waals surface area (Å²) in [6, 6.07) is 13.6. The summed E-state index contributed by atoms with van der Waals surface area (Å²) in [5.74, 6) is -0.0140. The summed E-state index contributed by atoms with van der Waals surface area (Å²) in [7, 11) is -2.29. The van der Waals surface area contributed by atoms with Gasteiger partial charge in [-0.25, -0.2) is 8.42 Å². The molecule has 6 nitrogen and oxygen atoms in total. The normalized spacial score (nSPS) is 13.8. The molecule has 0 radical (unpaired) electrons. The summed E-state index contributed by atoms with van der Waals surface area (Å²) in [6.45, 7) is 1.55. The molecule has 0 fully saturated rings. The van der Waals surface area contributed by atoms with Gasteiger partial charge in [-0.2, -0.15) is 0 Å². The third-order valence-corrected chi connectivity index (χ3v) is 7.15. The summed E-state index contributed by atoms with van der Waals surface area (Å²) in [5.41, 5.74) is 3.49. The number of ether oxygens (including phenoxy) is 1. The Balaban J connectivity index is 1.68. The highest BCUT2D eigenvalue weighted by Gasteiger charge is 2.30. The van der Waals surface area contributed by atoms with Crippen LogP contribution in [0.25, 0.3) is 10.8 Å². The van der Waals surface area contributed by atoms with Crippen molar-refractivity contribution >= 4 is 49.7 Å². The molecule has 1 amide bonds. The topological polar surface area (TPSA) is 75.7 Å². The van der Waals surface area contributed by atoms with E-state index in [0.717, 1.165) is 28.8 Å². The van der Waals surface area contributed by atoms with E-state index in [4.69, 9.17) is 16.3 Å². The van der Waals surface area contributed by atoms with Crippen LogP contribution in [-0.2, 0) is 27.7 Å². The number of rotatable bonds is 6. The molecule has 0 aromatic heterocycles. The van der Waals surface area contributed by atoms with Crippen LogP contribution < -0.4 is 14.4 Å². The largest absolute Gasteiger partial charge is 0.495 e. The van der Waals surface area contributed by atoms with Gasteiger partial charge in [0.1, 0.15) is 11.8 Å². The second kappa shape index (κ2) is 8.05. The van der Waals surface area contributed by atoms with E-state index in [1.165, 1.54) is 29.7 Å². The van der Waals surface area contributed by atoms with Gasteiger partial charge in [0, 0.05) is 11.1 Å². The highest BCUT2D eigenvalue weighted by atomic mass is 35.5. The average Bonchev–Trinajstić information content (AvgIpc) is 3.14. The van der Waals surface area contributed by atoms with Crippen LogP contribution in [0.15, 0.2) is 48.5 Å². The quantitative estimate of drug-likeness (QED) is 0.594. The van der Waals surface area contributed by atoms with Crippen molar-refractivity contribution in [2.75, 3.05) is 23.0 Å². The lowest BCUT2D eigenvalue weighted by Crippen LogP contribution is -2.45. The first-order valence-electron chi connectivity index (χ1n) is 9.88.